The number of hydrogen-bond donors (Lipinski definition) is 2. The van der Waals surface area contributed by atoms with Gasteiger partial charge >= 0.3 is 0 Å². The molecule has 1 amide bonds. The molecule has 10 nitrogen and oxygen atoms in total. The molecule has 1 fully saturated rings. The Morgan fingerprint density at radius 1 is 1.02 bits per heavy atom. The van der Waals surface area contributed by atoms with Gasteiger partial charge in [0.05, 0.1) is 34.7 Å². The fourth-order valence-corrected chi connectivity index (χ4v) is 9.29. The van der Waals surface area contributed by atoms with Crippen LogP contribution >= 0.6 is 34.7 Å². The van der Waals surface area contributed by atoms with Gasteiger partial charge < -0.3 is 14.8 Å². The molecular weight excluding hydrogens is 630 g/mol. The summed E-state index contributed by atoms with van der Waals surface area (Å²) in [4.78, 5) is 15.3. The van der Waals surface area contributed by atoms with E-state index in [1.54, 1.807) is 11.8 Å². The Morgan fingerprint density at radius 3 is 2.22 bits per heavy atom. The van der Waals surface area contributed by atoms with E-state index in [-0.39, 0.29) is 36.2 Å². The SMILES string of the molecule is C=CC(N1CCSCC1)S(=O)(=O)c1ccc(NC(=O)c2cc(OC)c(OC)cc2NS(=O)(=O)c2ccc(Cl)s2)cc1. The summed E-state index contributed by atoms with van der Waals surface area (Å²) in [5.41, 5.74) is 0.185. The van der Waals surface area contributed by atoms with E-state index in [1.807, 2.05) is 4.90 Å². The zero-order valence-electron chi connectivity index (χ0n) is 22.1. The molecule has 0 saturated carbocycles. The first-order valence-corrected chi connectivity index (χ1v) is 17.5. The smallest absolute Gasteiger partial charge is 0.271 e. The van der Waals surface area contributed by atoms with Crippen LogP contribution in [-0.4, -0.2) is 71.8 Å². The highest BCUT2D eigenvalue weighted by atomic mass is 35.5. The summed E-state index contributed by atoms with van der Waals surface area (Å²) in [5.74, 6) is 1.43. The Labute approximate surface area is 252 Å². The first kappa shape index (κ1) is 31.2. The van der Waals surface area contributed by atoms with Crippen molar-refractivity contribution in [3.8, 4) is 11.5 Å². The Morgan fingerprint density at radius 2 is 1.66 bits per heavy atom. The summed E-state index contributed by atoms with van der Waals surface area (Å²) in [6, 6.07) is 11.3. The van der Waals surface area contributed by atoms with Crippen molar-refractivity contribution in [2.24, 2.45) is 0 Å². The molecule has 3 aromatic rings. The molecule has 41 heavy (non-hydrogen) atoms. The average Bonchev–Trinajstić information content (AvgIpc) is 3.41. The second kappa shape index (κ2) is 13.0. The summed E-state index contributed by atoms with van der Waals surface area (Å²) >= 11 is 8.55. The zero-order chi connectivity index (χ0) is 29.8. The van der Waals surface area contributed by atoms with Crippen molar-refractivity contribution in [3.05, 3.63) is 71.1 Å². The van der Waals surface area contributed by atoms with Crippen LogP contribution in [0.1, 0.15) is 10.4 Å². The number of methoxy groups -OCH3 is 2. The van der Waals surface area contributed by atoms with Gasteiger partial charge in [-0.25, -0.2) is 16.8 Å². The number of halogens is 1. The summed E-state index contributed by atoms with van der Waals surface area (Å²) in [7, 11) is -5.06. The van der Waals surface area contributed by atoms with E-state index in [2.05, 4.69) is 16.6 Å². The number of thioether (sulfide) groups is 1. The molecule has 1 saturated heterocycles. The number of hydrogen-bond acceptors (Lipinski definition) is 10. The highest BCUT2D eigenvalue weighted by Crippen LogP contribution is 2.36. The predicted octanol–water partition coefficient (Wildman–Crippen LogP) is 4.81. The third kappa shape index (κ3) is 7.01. The van der Waals surface area contributed by atoms with Gasteiger partial charge in [0.2, 0.25) is 0 Å². The molecule has 1 aromatic heterocycles. The van der Waals surface area contributed by atoms with Crippen LogP contribution in [0, 0.1) is 0 Å². The first-order valence-electron chi connectivity index (χ1n) is 12.1. The number of carbonyl (C=O) groups is 1. The summed E-state index contributed by atoms with van der Waals surface area (Å²) < 4.78 is 65.9. The first-order chi connectivity index (χ1) is 19.5. The molecule has 0 spiro atoms. The number of anilines is 2. The lowest BCUT2D eigenvalue weighted by molar-refractivity contribution is 0.102. The van der Waals surface area contributed by atoms with Crippen LogP contribution in [0.25, 0.3) is 0 Å². The number of benzene rings is 2. The molecule has 1 aliphatic heterocycles. The van der Waals surface area contributed by atoms with E-state index in [9.17, 15) is 21.6 Å². The molecule has 0 bridgehead atoms. The van der Waals surface area contributed by atoms with Gasteiger partial charge in [0.15, 0.2) is 21.3 Å². The minimum atomic E-state index is -4.08. The van der Waals surface area contributed by atoms with E-state index < -0.39 is 31.1 Å². The van der Waals surface area contributed by atoms with Crippen molar-refractivity contribution < 1.29 is 31.1 Å². The van der Waals surface area contributed by atoms with Crippen molar-refractivity contribution >= 4 is 71.8 Å². The fourth-order valence-electron chi connectivity index (χ4n) is 4.16. The molecule has 4 rings (SSSR count). The van der Waals surface area contributed by atoms with Crippen LogP contribution in [0.15, 0.2) is 70.3 Å². The van der Waals surface area contributed by atoms with Gasteiger partial charge in [-0.2, -0.15) is 11.8 Å². The lowest BCUT2D eigenvalue weighted by atomic mass is 10.1. The number of carbonyl (C=O) groups excluding carboxylic acids is 1. The Hall–Kier alpha value is -2.75. The van der Waals surface area contributed by atoms with E-state index >= 15 is 0 Å². The second-order valence-corrected chi connectivity index (χ2v) is 15.6. The van der Waals surface area contributed by atoms with Crippen LogP contribution in [0.2, 0.25) is 4.34 Å². The van der Waals surface area contributed by atoms with Crippen LogP contribution in [-0.2, 0) is 19.9 Å². The van der Waals surface area contributed by atoms with Gasteiger partial charge in [-0.3, -0.25) is 14.4 Å². The summed E-state index contributed by atoms with van der Waals surface area (Å²) in [5, 5.41) is 1.83. The summed E-state index contributed by atoms with van der Waals surface area (Å²) in [6.45, 7) is 5.03. The van der Waals surface area contributed by atoms with Crippen LogP contribution in [0.4, 0.5) is 11.4 Å². The topological polar surface area (TPSA) is 131 Å². The number of nitrogens with zero attached hydrogens (tertiary/aromatic N) is 1. The highest BCUT2D eigenvalue weighted by molar-refractivity contribution is 7.99. The van der Waals surface area contributed by atoms with E-state index in [0.717, 1.165) is 22.8 Å². The van der Waals surface area contributed by atoms with Gasteiger partial charge in [-0.05, 0) is 42.5 Å². The molecule has 1 unspecified atom stereocenters. The normalized spacial score (nSPS) is 15.1. The van der Waals surface area contributed by atoms with Crippen molar-refractivity contribution in [1.29, 1.82) is 0 Å². The quantitative estimate of drug-likeness (QED) is 0.279. The van der Waals surface area contributed by atoms with Crippen molar-refractivity contribution in [3.63, 3.8) is 0 Å². The molecule has 1 atom stereocenters. The number of sulfonamides is 1. The number of sulfone groups is 1. The molecule has 2 N–H and O–H groups in total. The minimum Gasteiger partial charge on any atom is -0.493 e. The summed E-state index contributed by atoms with van der Waals surface area (Å²) in [6.07, 6.45) is 1.44. The van der Waals surface area contributed by atoms with Crippen molar-refractivity contribution in [2.75, 3.05) is 48.9 Å². The molecule has 220 valence electrons. The lowest BCUT2D eigenvalue weighted by Crippen LogP contribution is -2.44. The standard InChI is InChI=1S/C26H28ClN3O7S4/c1-4-24(30-11-13-38-14-12-30)40(32,33)18-7-5-17(6-8-18)28-26(31)19-15-21(36-2)22(37-3)16-20(19)29-41(34,35)25-10-9-23(27)39-25/h4-10,15-16,24,29H,1,11-14H2,2-3H3,(H,28,31). The average molecular weight is 658 g/mol. The monoisotopic (exact) mass is 657 g/mol. The predicted molar refractivity (Wildman–Crippen MR) is 164 cm³/mol. The maximum Gasteiger partial charge on any atom is 0.271 e. The van der Waals surface area contributed by atoms with Gasteiger partial charge in [0, 0.05) is 36.3 Å². The third-order valence-corrected chi connectivity index (χ3v) is 12.3. The molecule has 2 heterocycles. The zero-order valence-corrected chi connectivity index (χ0v) is 26.1. The third-order valence-electron chi connectivity index (χ3n) is 6.19. The van der Waals surface area contributed by atoms with Crippen LogP contribution in [0.5, 0.6) is 11.5 Å². The lowest BCUT2D eigenvalue weighted by Gasteiger charge is -2.32. The number of thiophene rings is 1. The largest absolute Gasteiger partial charge is 0.493 e. The highest BCUT2D eigenvalue weighted by Gasteiger charge is 2.31. The molecular formula is C26H28ClN3O7S4. The van der Waals surface area contributed by atoms with E-state index in [0.29, 0.717) is 18.8 Å². The molecule has 2 aromatic carbocycles. The van der Waals surface area contributed by atoms with Gasteiger partial charge in [0.25, 0.3) is 15.9 Å². The second-order valence-electron chi connectivity index (χ2n) is 8.71. The Kier molecular flexibility index (Phi) is 9.93. The molecule has 0 radical (unpaired) electrons. The van der Waals surface area contributed by atoms with Gasteiger partial charge in [0.1, 0.15) is 9.58 Å². The Balaban J connectivity index is 1.60. The molecule has 0 aliphatic carbocycles. The van der Waals surface area contributed by atoms with E-state index in [1.165, 1.54) is 68.8 Å². The number of amides is 1. The number of ether oxygens (including phenoxy) is 2. The minimum absolute atomic E-state index is 0.0402. The Bertz CT molecular complexity index is 1640. The number of rotatable bonds is 11. The van der Waals surface area contributed by atoms with Crippen LogP contribution in [0.3, 0.4) is 0 Å². The van der Waals surface area contributed by atoms with Crippen molar-refractivity contribution in [1.82, 2.24) is 4.90 Å². The van der Waals surface area contributed by atoms with Gasteiger partial charge in [-0.1, -0.05) is 17.7 Å². The van der Waals surface area contributed by atoms with E-state index in [4.69, 9.17) is 21.1 Å². The fraction of sp³-hybridized carbons (Fsp3) is 0.269. The number of nitrogens with one attached hydrogen (secondary N) is 2. The van der Waals surface area contributed by atoms with Gasteiger partial charge in [-0.15, -0.1) is 17.9 Å². The maximum atomic E-state index is 13.4. The van der Waals surface area contributed by atoms with Crippen molar-refractivity contribution in [2.45, 2.75) is 14.5 Å². The van der Waals surface area contributed by atoms with Crippen LogP contribution < -0.4 is 19.5 Å². The molecule has 15 heteroatoms. The maximum absolute atomic E-state index is 13.4. The molecule has 1 aliphatic rings.